The molecule has 0 aliphatic rings. The van der Waals surface area contributed by atoms with Gasteiger partial charge in [-0.1, -0.05) is 19.8 Å². The van der Waals surface area contributed by atoms with Gasteiger partial charge in [0.15, 0.2) is 11.1 Å². The lowest BCUT2D eigenvalue weighted by Gasteiger charge is -2.10. The Hall–Kier alpha value is -1.27. The molecule has 0 aliphatic carbocycles. The summed E-state index contributed by atoms with van der Waals surface area (Å²) in [6.07, 6.45) is 2.87. The maximum absolute atomic E-state index is 11.8. The first-order valence-corrected chi connectivity index (χ1v) is 6.95. The molecule has 0 N–H and O–H groups in total. The Bertz CT molecular complexity index is 419. The molecular formula is C12H17NO4S. The first-order valence-electron chi connectivity index (χ1n) is 5.88. The van der Waals surface area contributed by atoms with Gasteiger partial charge in [0.2, 0.25) is 0 Å². The third-order valence-corrected chi connectivity index (χ3v) is 3.62. The van der Waals surface area contributed by atoms with Crippen LogP contribution >= 0.6 is 0 Å². The number of nitrogens with zero attached hydrogens (tertiary/aromatic N) is 1. The molecule has 0 spiro atoms. The molecule has 18 heavy (non-hydrogen) atoms. The van der Waals surface area contributed by atoms with E-state index in [-0.39, 0.29) is 11.8 Å². The van der Waals surface area contributed by atoms with Crippen molar-refractivity contribution < 1.29 is 13.3 Å². The van der Waals surface area contributed by atoms with Gasteiger partial charge in [-0.2, -0.15) is 0 Å². The van der Waals surface area contributed by atoms with Gasteiger partial charge in [0.1, 0.15) is 0 Å². The quantitative estimate of drug-likeness (QED) is 0.564. The number of hydrogen-bond donors (Lipinski definition) is 0. The summed E-state index contributed by atoms with van der Waals surface area (Å²) in [5, 5.41) is 10.5. The fraction of sp³-hybridized carbons (Fsp3) is 0.500. The van der Waals surface area contributed by atoms with Crippen LogP contribution in [0, 0.1) is 10.1 Å². The van der Waals surface area contributed by atoms with Gasteiger partial charge in [-0.25, -0.2) is 4.21 Å². The number of nitro groups is 1. The SMILES string of the molecule is CCCCC(C)OS(=O)c1ccc([N+](=O)[O-])cc1. The highest BCUT2D eigenvalue weighted by Crippen LogP contribution is 2.17. The van der Waals surface area contributed by atoms with E-state index in [1.807, 2.05) is 6.92 Å². The Morgan fingerprint density at radius 1 is 1.39 bits per heavy atom. The van der Waals surface area contributed by atoms with Crippen LogP contribution in [0.2, 0.25) is 0 Å². The Morgan fingerprint density at radius 3 is 2.50 bits per heavy atom. The van der Waals surface area contributed by atoms with E-state index < -0.39 is 16.0 Å². The van der Waals surface area contributed by atoms with Crippen molar-refractivity contribution in [1.82, 2.24) is 0 Å². The van der Waals surface area contributed by atoms with Crippen LogP contribution in [0.4, 0.5) is 5.69 Å². The third-order valence-electron chi connectivity index (χ3n) is 2.46. The minimum atomic E-state index is -1.56. The van der Waals surface area contributed by atoms with Crippen LogP contribution in [0.15, 0.2) is 29.2 Å². The monoisotopic (exact) mass is 271 g/mol. The molecule has 5 nitrogen and oxygen atoms in total. The van der Waals surface area contributed by atoms with Crippen LogP contribution in [0.3, 0.4) is 0 Å². The average molecular weight is 271 g/mol. The second-order valence-corrected chi connectivity index (χ2v) is 5.17. The second-order valence-electron chi connectivity index (χ2n) is 4.03. The van der Waals surface area contributed by atoms with E-state index in [1.165, 1.54) is 24.3 Å². The van der Waals surface area contributed by atoms with Crippen molar-refractivity contribution in [3.8, 4) is 0 Å². The molecule has 0 saturated heterocycles. The zero-order valence-electron chi connectivity index (χ0n) is 10.5. The average Bonchev–Trinajstić information content (AvgIpc) is 2.36. The van der Waals surface area contributed by atoms with Crippen molar-refractivity contribution in [3.63, 3.8) is 0 Å². The Morgan fingerprint density at radius 2 is 2.00 bits per heavy atom. The summed E-state index contributed by atoms with van der Waals surface area (Å²) >= 11 is -1.56. The van der Waals surface area contributed by atoms with E-state index >= 15 is 0 Å². The minimum Gasteiger partial charge on any atom is -0.284 e. The van der Waals surface area contributed by atoms with E-state index in [0.29, 0.717) is 4.90 Å². The molecule has 1 aromatic rings. The fourth-order valence-corrected chi connectivity index (χ4v) is 2.29. The van der Waals surface area contributed by atoms with Gasteiger partial charge in [-0.05, 0) is 25.5 Å². The van der Waals surface area contributed by atoms with Crippen molar-refractivity contribution >= 4 is 16.8 Å². The summed E-state index contributed by atoms with van der Waals surface area (Å²) in [5.41, 5.74) is -0.0187. The molecule has 0 amide bonds. The summed E-state index contributed by atoms with van der Waals surface area (Å²) in [4.78, 5) is 10.4. The normalized spacial score (nSPS) is 14.1. The van der Waals surface area contributed by atoms with Gasteiger partial charge in [0.05, 0.1) is 15.9 Å². The molecule has 0 aliphatic heterocycles. The highest BCUT2D eigenvalue weighted by molar-refractivity contribution is 7.80. The molecule has 0 bridgehead atoms. The molecule has 2 atom stereocenters. The smallest absolute Gasteiger partial charge is 0.269 e. The Labute approximate surface area is 109 Å². The zero-order chi connectivity index (χ0) is 13.5. The van der Waals surface area contributed by atoms with E-state index in [2.05, 4.69) is 6.92 Å². The van der Waals surface area contributed by atoms with Gasteiger partial charge in [0, 0.05) is 12.1 Å². The summed E-state index contributed by atoms with van der Waals surface area (Å²) in [5.74, 6) is 0. The molecule has 2 unspecified atom stereocenters. The van der Waals surface area contributed by atoms with E-state index in [9.17, 15) is 14.3 Å². The standard InChI is InChI=1S/C12H17NO4S/c1-3-4-5-10(2)17-18(16)12-8-6-11(7-9-12)13(14)15/h6-10H,3-5H2,1-2H3. The van der Waals surface area contributed by atoms with Gasteiger partial charge in [-0.3, -0.25) is 14.3 Å². The van der Waals surface area contributed by atoms with Gasteiger partial charge >= 0.3 is 0 Å². The number of benzene rings is 1. The molecule has 0 fully saturated rings. The molecule has 100 valence electrons. The molecule has 0 saturated carbocycles. The van der Waals surface area contributed by atoms with Crippen molar-refractivity contribution in [2.45, 2.75) is 44.1 Å². The predicted octanol–water partition coefficient (Wildman–Crippen LogP) is 3.21. The largest absolute Gasteiger partial charge is 0.284 e. The van der Waals surface area contributed by atoms with E-state index in [1.54, 1.807) is 0 Å². The van der Waals surface area contributed by atoms with Gasteiger partial charge in [-0.15, -0.1) is 0 Å². The number of non-ortho nitro benzene ring substituents is 1. The molecule has 0 heterocycles. The fourth-order valence-electron chi connectivity index (χ4n) is 1.42. The highest BCUT2D eigenvalue weighted by atomic mass is 32.2. The molecule has 6 heteroatoms. The summed E-state index contributed by atoms with van der Waals surface area (Å²) < 4.78 is 17.2. The minimum absolute atomic E-state index is 0.0187. The summed E-state index contributed by atoms with van der Waals surface area (Å²) in [6, 6.07) is 5.57. The number of nitro benzene ring substituents is 1. The molecule has 1 aromatic carbocycles. The second kappa shape index (κ2) is 7.23. The first kappa shape index (κ1) is 14.8. The number of unbranched alkanes of at least 4 members (excludes halogenated alkanes) is 1. The summed E-state index contributed by atoms with van der Waals surface area (Å²) in [6.45, 7) is 3.96. The van der Waals surface area contributed by atoms with Crippen LogP contribution in [0.25, 0.3) is 0 Å². The highest BCUT2D eigenvalue weighted by Gasteiger charge is 2.12. The third kappa shape index (κ3) is 4.54. The van der Waals surface area contributed by atoms with E-state index in [0.717, 1.165) is 19.3 Å². The van der Waals surface area contributed by atoms with Crippen LogP contribution in [-0.4, -0.2) is 15.2 Å². The van der Waals surface area contributed by atoms with Crippen molar-refractivity contribution in [3.05, 3.63) is 34.4 Å². The predicted molar refractivity (Wildman–Crippen MR) is 69.6 cm³/mol. The molecular weight excluding hydrogens is 254 g/mol. The lowest BCUT2D eigenvalue weighted by molar-refractivity contribution is -0.384. The van der Waals surface area contributed by atoms with Crippen LogP contribution in [0.5, 0.6) is 0 Å². The van der Waals surface area contributed by atoms with Crippen LogP contribution in [-0.2, 0) is 15.3 Å². The van der Waals surface area contributed by atoms with Crippen LogP contribution in [0.1, 0.15) is 33.1 Å². The van der Waals surface area contributed by atoms with Crippen molar-refractivity contribution in [1.29, 1.82) is 0 Å². The topological polar surface area (TPSA) is 69.4 Å². The molecule has 0 aromatic heterocycles. The van der Waals surface area contributed by atoms with Crippen LogP contribution < -0.4 is 0 Å². The maximum Gasteiger partial charge on any atom is 0.269 e. The number of hydrogen-bond acceptors (Lipinski definition) is 4. The Balaban J connectivity index is 2.58. The van der Waals surface area contributed by atoms with Gasteiger partial charge in [0.25, 0.3) is 5.69 Å². The van der Waals surface area contributed by atoms with Crippen molar-refractivity contribution in [2.75, 3.05) is 0 Å². The number of rotatable bonds is 7. The first-order chi connectivity index (χ1) is 8.54. The Kier molecular flexibility index (Phi) is 5.94. The zero-order valence-corrected chi connectivity index (χ0v) is 11.3. The lowest BCUT2D eigenvalue weighted by atomic mass is 10.2. The van der Waals surface area contributed by atoms with E-state index in [4.69, 9.17) is 4.18 Å². The molecule has 0 radical (unpaired) electrons. The molecule has 1 rings (SSSR count). The van der Waals surface area contributed by atoms with Crippen molar-refractivity contribution in [2.24, 2.45) is 0 Å². The van der Waals surface area contributed by atoms with Gasteiger partial charge < -0.3 is 0 Å². The summed E-state index contributed by atoms with van der Waals surface area (Å²) in [7, 11) is 0. The lowest BCUT2D eigenvalue weighted by Crippen LogP contribution is -2.10. The maximum atomic E-state index is 11.8.